The van der Waals surface area contributed by atoms with Crippen LogP contribution in [0, 0.1) is 0 Å². The number of pyridine rings is 3. The number of halogens is 4. The number of hydrogen-bond acceptors (Lipinski definition) is 8. The fourth-order valence-electron chi connectivity index (χ4n) is 6.37. The number of carbonyl (C=O) groups excluding carboxylic acids is 1. The number of piperidine rings is 1. The molecule has 2 aliphatic rings. The van der Waals surface area contributed by atoms with E-state index in [4.69, 9.17) is 25.8 Å². The van der Waals surface area contributed by atoms with E-state index in [9.17, 15) is 18.0 Å². The number of hydrogen-bond donors (Lipinski definition) is 1. The molecule has 13 heteroatoms. The van der Waals surface area contributed by atoms with Crippen molar-refractivity contribution in [1.82, 2.24) is 25.2 Å². The van der Waals surface area contributed by atoms with Crippen molar-refractivity contribution < 1.29 is 32.2 Å². The predicted octanol–water partition coefficient (Wildman–Crippen LogP) is 7.06. The van der Waals surface area contributed by atoms with Crippen molar-refractivity contribution in [3.05, 3.63) is 82.0 Å². The number of methoxy groups -OCH3 is 2. The highest BCUT2D eigenvalue weighted by molar-refractivity contribution is 6.35. The number of fused-ring (bicyclic) bond motifs is 1. The fourth-order valence-corrected chi connectivity index (χ4v) is 6.68. The number of nitrogens with one attached hydrogen (secondary N) is 1. The normalized spacial score (nSPS) is 16.5. The van der Waals surface area contributed by atoms with Crippen molar-refractivity contribution >= 4 is 17.5 Å². The van der Waals surface area contributed by atoms with Gasteiger partial charge in [-0.3, -0.25) is 9.78 Å². The lowest BCUT2D eigenvalue weighted by Crippen LogP contribution is -2.44. The Hall–Kier alpha value is -4.42. The van der Waals surface area contributed by atoms with Crippen LogP contribution in [0.5, 0.6) is 17.6 Å². The molecule has 0 radical (unpaired) electrons. The Labute approximate surface area is 281 Å². The summed E-state index contributed by atoms with van der Waals surface area (Å²) in [6.45, 7) is 2.85. The molecule has 6 rings (SSSR count). The van der Waals surface area contributed by atoms with Crippen LogP contribution in [0.25, 0.3) is 22.5 Å². The van der Waals surface area contributed by atoms with Crippen molar-refractivity contribution in [2.45, 2.75) is 57.5 Å². The molecular formula is C35H35ClF3N5O4. The Morgan fingerprint density at radius 3 is 2.48 bits per heavy atom. The topological polar surface area (TPSA) is 98.7 Å². The first-order chi connectivity index (χ1) is 23.1. The third-order valence-electron chi connectivity index (χ3n) is 8.87. The SMILES string of the molecule is COc1cccc(-c2ccnc(-c3cccc4c3CC[C@@H]4Oc3nc(OC)c(CNC4CCN(C(C)=O)CC4)cc3C(F)(F)F)c2Cl)n1. The van der Waals surface area contributed by atoms with Gasteiger partial charge in [-0.05, 0) is 55.0 Å². The van der Waals surface area contributed by atoms with Gasteiger partial charge in [0.2, 0.25) is 23.5 Å². The van der Waals surface area contributed by atoms with E-state index in [1.54, 1.807) is 23.2 Å². The van der Waals surface area contributed by atoms with E-state index in [0.717, 1.165) is 22.8 Å². The highest BCUT2D eigenvalue weighted by Crippen LogP contribution is 2.45. The van der Waals surface area contributed by atoms with Crippen LogP contribution in [0.4, 0.5) is 13.2 Å². The minimum Gasteiger partial charge on any atom is -0.481 e. The standard InChI is InChI=1S/C35H35ClF3N5O4/c1-20(45)44-16-13-22(14-17-44)41-19-21-18-27(35(37,38)39)34(43-33(21)47-3)48-29-11-10-23-24(29)6-4-7-25(23)32-31(36)26(12-15-40-32)28-8-5-9-30(42-28)46-2/h4-9,12,15,18,22,29,41H,10-11,13-14,16-17,19H2,1-3H3/t29-/m0/s1. The third kappa shape index (κ3) is 6.91. The molecule has 4 heterocycles. The van der Waals surface area contributed by atoms with Crippen molar-refractivity contribution in [1.29, 1.82) is 0 Å². The van der Waals surface area contributed by atoms with Gasteiger partial charge in [0, 0.05) is 61.6 Å². The van der Waals surface area contributed by atoms with Crippen LogP contribution in [0.1, 0.15) is 54.5 Å². The second-order valence-corrected chi connectivity index (χ2v) is 12.2. The minimum atomic E-state index is -4.72. The lowest BCUT2D eigenvalue weighted by atomic mass is 9.98. The number of aromatic nitrogens is 3. The van der Waals surface area contributed by atoms with E-state index < -0.39 is 23.7 Å². The summed E-state index contributed by atoms with van der Waals surface area (Å²) >= 11 is 6.91. The molecule has 1 aliphatic heterocycles. The molecule has 4 aromatic rings. The predicted molar refractivity (Wildman–Crippen MR) is 174 cm³/mol. The maximum absolute atomic E-state index is 14.4. The van der Waals surface area contributed by atoms with Gasteiger partial charge in [0.25, 0.3) is 0 Å². The number of rotatable bonds is 9. The minimum absolute atomic E-state index is 0.0162. The molecule has 252 valence electrons. The summed E-state index contributed by atoms with van der Waals surface area (Å²) in [7, 11) is 2.91. The highest BCUT2D eigenvalue weighted by atomic mass is 35.5. The van der Waals surface area contributed by atoms with Crippen molar-refractivity contribution in [2.24, 2.45) is 0 Å². The van der Waals surface area contributed by atoms with Crippen LogP contribution in [-0.2, 0) is 23.9 Å². The molecule has 0 spiro atoms. The average Bonchev–Trinajstić information content (AvgIpc) is 3.50. The van der Waals surface area contributed by atoms with Crippen molar-refractivity contribution in [2.75, 3.05) is 27.3 Å². The molecule has 0 saturated carbocycles. The van der Waals surface area contributed by atoms with Gasteiger partial charge in [-0.25, -0.2) is 4.98 Å². The first-order valence-electron chi connectivity index (χ1n) is 15.7. The zero-order valence-electron chi connectivity index (χ0n) is 26.7. The van der Waals surface area contributed by atoms with Crippen molar-refractivity contribution in [3.63, 3.8) is 0 Å². The van der Waals surface area contributed by atoms with Gasteiger partial charge in [-0.15, -0.1) is 0 Å². The van der Waals surface area contributed by atoms with Gasteiger partial charge in [-0.1, -0.05) is 35.9 Å². The molecule has 1 fully saturated rings. The van der Waals surface area contributed by atoms with Crippen LogP contribution in [0.2, 0.25) is 5.02 Å². The smallest absolute Gasteiger partial charge is 0.421 e. The highest BCUT2D eigenvalue weighted by Gasteiger charge is 2.39. The van der Waals surface area contributed by atoms with E-state index in [-0.39, 0.29) is 29.9 Å². The molecule has 1 amide bonds. The molecular weight excluding hydrogens is 647 g/mol. The average molecular weight is 682 g/mol. The molecule has 0 unspecified atom stereocenters. The summed E-state index contributed by atoms with van der Waals surface area (Å²) in [5, 5.41) is 3.71. The number of amides is 1. The molecule has 48 heavy (non-hydrogen) atoms. The number of nitrogens with zero attached hydrogens (tertiary/aromatic N) is 4. The zero-order valence-corrected chi connectivity index (χ0v) is 27.5. The van der Waals surface area contributed by atoms with E-state index in [1.165, 1.54) is 21.1 Å². The Balaban J connectivity index is 1.26. The summed E-state index contributed by atoms with van der Waals surface area (Å²) in [6.07, 6.45) is -1.37. The summed E-state index contributed by atoms with van der Waals surface area (Å²) in [6, 6.07) is 13.8. The maximum Gasteiger partial charge on any atom is 0.421 e. The van der Waals surface area contributed by atoms with Crippen LogP contribution >= 0.6 is 11.6 Å². The van der Waals surface area contributed by atoms with Gasteiger partial charge in [0.05, 0.1) is 30.6 Å². The van der Waals surface area contributed by atoms with E-state index in [0.29, 0.717) is 66.6 Å². The summed E-state index contributed by atoms with van der Waals surface area (Å²) in [5.41, 5.74) is 3.53. The van der Waals surface area contributed by atoms with Crippen LogP contribution in [-0.4, -0.2) is 59.1 Å². The molecule has 0 bridgehead atoms. The second-order valence-electron chi connectivity index (χ2n) is 11.8. The molecule has 9 nitrogen and oxygen atoms in total. The number of benzene rings is 1. The fraction of sp³-hybridized carbons (Fsp3) is 0.371. The van der Waals surface area contributed by atoms with Crippen LogP contribution < -0.4 is 19.5 Å². The monoisotopic (exact) mass is 681 g/mol. The van der Waals surface area contributed by atoms with Gasteiger partial charge < -0.3 is 24.4 Å². The number of carbonyl (C=O) groups is 1. The summed E-state index contributed by atoms with van der Waals surface area (Å²) in [4.78, 5) is 26.7. The molecule has 3 aromatic heterocycles. The zero-order chi connectivity index (χ0) is 34.0. The maximum atomic E-state index is 14.4. The van der Waals surface area contributed by atoms with Crippen LogP contribution in [0.15, 0.2) is 54.7 Å². The number of likely N-dealkylation sites (tertiary alicyclic amines) is 1. The molecule has 1 aromatic carbocycles. The Morgan fingerprint density at radius 2 is 1.77 bits per heavy atom. The molecule has 1 N–H and O–H groups in total. The van der Waals surface area contributed by atoms with Gasteiger partial charge in [-0.2, -0.15) is 18.2 Å². The number of ether oxygens (including phenoxy) is 3. The van der Waals surface area contributed by atoms with Gasteiger partial charge in [0.15, 0.2) is 0 Å². The van der Waals surface area contributed by atoms with Gasteiger partial charge in [0.1, 0.15) is 11.7 Å². The second kappa shape index (κ2) is 14.0. The Kier molecular flexibility index (Phi) is 9.75. The third-order valence-corrected chi connectivity index (χ3v) is 9.25. The Bertz CT molecular complexity index is 1810. The molecule has 1 atom stereocenters. The quantitative estimate of drug-likeness (QED) is 0.201. The lowest BCUT2D eigenvalue weighted by molar-refractivity contribution is -0.139. The van der Waals surface area contributed by atoms with E-state index in [2.05, 4.69) is 20.3 Å². The van der Waals surface area contributed by atoms with Crippen molar-refractivity contribution in [3.8, 4) is 40.2 Å². The number of alkyl halides is 3. The Morgan fingerprint density at radius 1 is 1.00 bits per heavy atom. The summed E-state index contributed by atoms with van der Waals surface area (Å²) < 4.78 is 60.1. The first-order valence-corrected chi connectivity index (χ1v) is 16.0. The largest absolute Gasteiger partial charge is 0.481 e. The van der Waals surface area contributed by atoms with E-state index in [1.807, 2.05) is 30.3 Å². The van der Waals surface area contributed by atoms with Crippen LogP contribution in [0.3, 0.4) is 0 Å². The first kappa shape index (κ1) is 33.5. The molecule has 1 saturated heterocycles. The summed E-state index contributed by atoms with van der Waals surface area (Å²) in [5.74, 6) is -0.0230. The lowest BCUT2D eigenvalue weighted by Gasteiger charge is -2.32. The molecule has 1 aliphatic carbocycles. The van der Waals surface area contributed by atoms with E-state index >= 15 is 0 Å². The van der Waals surface area contributed by atoms with Gasteiger partial charge >= 0.3 is 6.18 Å².